The van der Waals surface area contributed by atoms with E-state index in [1.807, 2.05) is 32.9 Å². The molecular weight excluding hydrogens is 256 g/mol. The normalized spacial score (nSPS) is 20.9. The number of carbonyl (C=O) groups is 1. The highest BCUT2D eigenvalue weighted by Gasteiger charge is 2.44. The van der Waals surface area contributed by atoms with Crippen LogP contribution in [0.5, 0.6) is 0 Å². The van der Waals surface area contributed by atoms with Crippen molar-refractivity contribution in [2.45, 2.75) is 33.1 Å². The standard InChI is InChI=1S/C14H16N4O2/c1-7-4-10(11-6-12(11)14(19)20)5-13(15-7)18-9(3)16-8(2)17-18/h4-5,11-12H,6H2,1-3H3,(H,19,20)/t11-,12+/m1/s1. The van der Waals surface area contributed by atoms with Crippen molar-refractivity contribution in [3.05, 3.63) is 35.0 Å². The molecule has 0 unspecified atom stereocenters. The van der Waals surface area contributed by atoms with Gasteiger partial charge in [-0.2, -0.15) is 4.68 Å². The van der Waals surface area contributed by atoms with Crippen LogP contribution in [0.4, 0.5) is 0 Å². The van der Waals surface area contributed by atoms with Crippen molar-refractivity contribution < 1.29 is 9.90 Å². The lowest BCUT2D eigenvalue weighted by molar-refractivity contribution is -0.138. The fourth-order valence-electron chi connectivity index (χ4n) is 2.57. The van der Waals surface area contributed by atoms with Crippen molar-refractivity contribution >= 4 is 5.97 Å². The molecule has 1 saturated carbocycles. The largest absolute Gasteiger partial charge is 0.481 e. The van der Waals surface area contributed by atoms with Crippen molar-refractivity contribution in [1.29, 1.82) is 0 Å². The van der Waals surface area contributed by atoms with Gasteiger partial charge in [-0.1, -0.05) is 0 Å². The molecule has 2 heterocycles. The van der Waals surface area contributed by atoms with Crippen LogP contribution in [0.3, 0.4) is 0 Å². The zero-order chi connectivity index (χ0) is 14.4. The van der Waals surface area contributed by atoms with Crippen LogP contribution in [-0.4, -0.2) is 30.8 Å². The van der Waals surface area contributed by atoms with E-state index in [-0.39, 0.29) is 11.8 Å². The van der Waals surface area contributed by atoms with Crippen molar-refractivity contribution in [1.82, 2.24) is 19.7 Å². The molecule has 2 aromatic rings. The second-order valence-corrected chi connectivity index (χ2v) is 5.31. The van der Waals surface area contributed by atoms with Gasteiger partial charge in [0.15, 0.2) is 5.82 Å². The van der Waals surface area contributed by atoms with Gasteiger partial charge in [0, 0.05) is 5.69 Å². The molecule has 2 atom stereocenters. The van der Waals surface area contributed by atoms with Gasteiger partial charge in [-0.05, 0) is 50.8 Å². The maximum absolute atomic E-state index is 11.0. The number of aryl methyl sites for hydroxylation is 3. The van der Waals surface area contributed by atoms with Crippen molar-refractivity contribution in [2.75, 3.05) is 0 Å². The van der Waals surface area contributed by atoms with Gasteiger partial charge in [-0.15, -0.1) is 5.10 Å². The molecule has 0 bridgehead atoms. The second kappa shape index (κ2) is 4.40. The summed E-state index contributed by atoms with van der Waals surface area (Å²) >= 11 is 0. The third-order valence-corrected chi connectivity index (χ3v) is 3.59. The molecule has 0 aromatic carbocycles. The molecule has 0 radical (unpaired) electrons. The lowest BCUT2D eigenvalue weighted by atomic mass is 10.1. The molecule has 0 spiro atoms. The number of aliphatic carboxylic acids is 1. The maximum atomic E-state index is 11.0. The Hall–Kier alpha value is -2.24. The first kappa shape index (κ1) is 12.8. The van der Waals surface area contributed by atoms with E-state index in [9.17, 15) is 4.79 Å². The van der Waals surface area contributed by atoms with Gasteiger partial charge >= 0.3 is 5.97 Å². The highest BCUT2D eigenvalue weighted by atomic mass is 16.4. The number of pyridine rings is 1. The monoisotopic (exact) mass is 272 g/mol. The minimum atomic E-state index is -0.723. The Balaban J connectivity index is 2.00. The van der Waals surface area contributed by atoms with Gasteiger partial charge in [0.2, 0.25) is 0 Å². The Kier molecular flexibility index (Phi) is 2.81. The number of aromatic nitrogens is 4. The highest BCUT2D eigenvalue weighted by molar-refractivity contribution is 5.75. The van der Waals surface area contributed by atoms with Crippen molar-refractivity contribution in [3.63, 3.8) is 0 Å². The Morgan fingerprint density at radius 2 is 2.05 bits per heavy atom. The van der Waals surface area contributed by atoms with Crippen LogP contribution in [0.2, 0.25) is 0 Å². The summed E-state index contributed by atoms with van der Waals surface area (Å²) in [6.07, 6.45) is 0.702. The zero-order valence-corrected chi connectivity index (χ0v) is 11.7. The molecule has 3 rings (SSSR count). The van der Waals surface area contributed by atoms with Crippen molar-refractivity contribution in [2.24, 2.45) is 5.92 Å². The maximum Gasteiger partial charge on any atom is 0.307 e. The van der Waals surface area contributed by atoms with Crippen LogP contribution < -0.4 is 0 Å². The summed E-state index contributed by atoms with van der Waals surface area (Å²) in [7, 11) is 0. The van der Waals surface area contributed by atoms with Gasteiger partial charge in [-0.3, -0.25) is 4.79 Å². The number of carboxylic acid groups (broad SMARTS) is 1. The summed E-state index contributed by atoms with van der Waals surface area (Å²) in [4.78, 5) is 19.7. The van der Waals surface area contributed by atoms with E-state index in [1.165, 1.54) is 0 Å². The average Bonchev–Trinajstić information content (AvgIpc) is 3.09. The average molecular weight is 272 g/mol. The summed E-state index contributed by atoms with van der Waals surface area (Å²) in [5, 5.41) is 13.4. The van der Waals surface area contributed by atoms with Crippen LogP contribution in [-0.2, 0) is 4.79 Å². The molecule has 104 valence electrons. The molecular formula is C14H16N4O2. The zero-order valence-electron chi connectivity index (χ0n) is 11.7. The predicted octanol–water partition coefficient (Wildman–Crippen LogP) is 1.78. The minimum absolute atomic E-state index is 0.0953. The van der Waals surface area contributed by atoms with E-state index in [0.29, 0.717) is 18.1 Å². The van der Waals surface area contributed by atoms with E-state index in [2.05, 4.69) is 15.1 Å². The minimum Gasteiger partial charge on any atom is -0.481 e. The first-order valence-electron chi connectivity index (χ1n) is 6.57. The summed E-state index contributed by atoms with van der Waals surface area (Å²) in [6.45, 7) is 5.62. The number of carboxylic acids is 1. The first-order chi connectivity index (χ1) is 9.45. The molecule has 1 aliphatic rings. The Morgan fingerprint density at radius 3 is 2.60 bits per heavy atom. The lowest BCUT2D eigenvalue weighted by Gasteiger charge is -2.07. The SMILES string of the molecule is Cc1cc([C@H]2C[C@@H]2C(=O)O)cc(-n2nc(C)nc2C)n1. The molecule has 6 heteroatoms. The number of hydrogen-bond acceptors (Lipinski definition) is 4. The Bertz CT molecular complexity index is 692. The molecule has 0 amide bonds. The van der Waals surface area contributed by atoms with E-state index < -0.39 is 5.97 Å². The smallest absolute Gasteiger partial charge is 0.307 e. The molecule has 6 nitrogen and oxygen atoms in total. The molecule has 20 heavy (non-hydrogen) atoms. The first-order valence-corrected chi connectivity index (χ1v) is 6.57. The predicted molar refractivity (Wildman–Crippen MR) is 71.8 cm³/mol. The molecule has 2 aromatic heterocycles. The van der Waals surface area contributed by atoms with Crippen molar-refractivity contribution in [3.8, 4) is 5.82 Å². The Labute approximate surface area is 116 Å². The topological polar surface area (TPSA) is 80.9 Å². The fraction of sp³-hybridized carbons (Fsp3) is 0.429. The van der Waals surface area contributed by atoms with Crippen LogP contribution in [0.1, 0.15) is 35.2 Å². The van der Waals surface area contributed by atoms with E-state index in [1.54, 1.807) is 4.68 Å². The number of rotatable bonds is 3. The van der Waals surface area contributed by atoms with Crippen LogP contribution >= 0.6 is 0 Å². The van der Waals surface area contributed by atoms with E-state index in [4.69, 9.17) is 5.11 Å². The van der Waals surface area contributed by atoms with Gasteiger partial charge in [0.25, 0.3) is 0 Å². The van der Waals surface area contributed by atoms with Crippen LogP contribution in [0.15, 0.2) is 12.1 Å². The highest BCUT2D eigenvalue weighted by Crippen LogP contribution is 2.47. The summed E-state index contributed by atoms with van der Waals surface area (Å²) in [5.74, 6) is 1.29. The summed E-state index contributed by atoms with van der Waals surface area (Å²) in [5.41, 5.74) is 1.88. The molecule has 0 saturated heterocycles. The van der Waals surface area contributed by atoms with Gasteiger partial charge in [0.1, 0.15) is 11.6 Å². The van der Waals surface area contributed by atoms with Gasteiger partial charge < -0.3 is 5.11 Å². The van der Waals surface area contributed by atoms with Crippen LogP contribution in [0, 0.1) is 26.7 Å². The van der Waals surface area contributed by atoms with Crippen LogP contribution in [0.25, 0.3) is 5.82 Å². The van der Waals surface area contributed by atoms with E-state index in [0.717, 1.165) is 17.1 Å². The Morgan fingerprint density at radius 1 is 1.30 bits per heavy atom. The number of nitrogens with zero attached hydrogens (tertiary/aromatic N) is 4. The van der Waals surface area contributed by atoms with Gasteiger partial charge in [0.05, 0.1) is 5.92 Å². The molecule has 1 aliphatic carbocycles. The third-order valence-electron chi connectivity index (χ3n) is 3.59. The third kappa shape index (κ3) is 2.17. The lowest BCUT2D eigenvalue weighted by Crippen LogP contribution is -2.05. The summed E-state index contributed by atoms with van der Waals surface area (Å²) in [6, 6.07) is 3.87. The fourth-order valence-corrected chi connectivity index (χ4v) is 2.57. The second-order valence-electron chi connectivity index (χ2n) is 5.31. The molecule has 1 N–H and O–H groups in total. The molecule has 0 aliphatic heterocycles. The van der Waals surface area contributed by atoms with E-state index >= 15 is 0 Å². The summed E-state index contributed by atoms with van der Waals surface area (Å²) < 4.78 is 1.70. The quantitative estimate of drug-likeness (QED) is 0.921. The van der Waals surface area contributed by atoms with Gasteiger partial charge in [-0.25, -0.2) is 9.97 Å². The number of hydrogen-bond donors (Lipinski definition) is 1. The molecule has 1 fully saturated rings.